The Labute approximate surface area is 139 Å². The number of hydrogen-bond donors (Lipinski definition) is 0. The fraction of sp³-hybridized carbons (Fsp3) is 0.176. The van der Waals surface area contributed by atoms with E-state index in [1.807, 2.05) is 30.3 Å². The fourth-order valence-corrected chi connectivity index (χ4v) is 2.27. The van der Waals surface area contributed by atoms with Crippen molar-refractivity contribution < 1.29 is 9.53 Å². The normalized spacial score (nSPS) is 12.0. The van der Waals surface area contributed by atoms with Crippen molar-refractivity contribution in [1.82, 2.24) is 14.5 Å². The first-order valence-corrected chi connectivity index (χ1v) is 7.40. The first kappa shape index (κ1) is 15.9. The Bertz CT molecular complexity index is 941. The number of fused-ring (bicyclic) bond motifs is 1. The molecule has 6 nitrogen and oxygen atoms in total. The maximum Gasteiger partial charge on any atom is 0.329 e. The lowest BCUT2D eigenvalue weighted by Crippen LogP contribution is -2.30. The van der Waals surface area contributed by atoms with Crippen molar-refractivity contribution >= 4 is 30.4 Å². The van der Waals surface area contributed by atoms with Gasteiger partial charge in [0.05, 0.1) is 11.8 Å². The molecule has 3 rings (SSSR count). The highest BCUT2D eigenvalue weighted by atomic mass is 16.5. The van der Waals surface area contributed by atoms with Crippen LogP contribution in [0.4, 0.5) is 0 Å². The van der Waals surface area contributed by atoms with E-state index in [9.17, 15) is 9.59 Å². The molecule has 0 bridgehead atoms. The highest BCUT2D eigenvalue weighted by Gasteiger charge is 2.19. The summed E-state index contributed by atoms with van der Waals surface area (Å²) >= 11 is 0. The zero-order valence-electron chi connectivity index (χ0n) is 13.0. The largest absolute Gasteiger partial charge is 0.459 e. The molecule has 0 aliphatic heterocycles. The zero-order valence-corrected chi connectivity index (χ0v) is 13.0. The van der Waals surface area contributed by atoms with Gasteiger partial charge in [-0.25, -0.2) is 9.78 Å². The summed E-state index contributed by atoms with van der Waals surface area (Å²) in [5.74, 6) is -0.522. The van der Waals surface area contributed by atoms with E-state index in [0.717, 1.165) is 5.56 Å². The number of esters is 1. The van der Waals surface area contributed by atoms with Crippen LogP contribution < -0.4 is 11.2 Å². The minimum absolute atomic E-state index is 0.125. The molecule has 0 amide bonds. The average Bonchev–Trinajstić information content (AvgIpc) is 2.61. The van der Waals surface area contributed by atoms with Crippen LogP contribution >= 0.6 is 0 Å². The number of hydrogen-bond acceptors (Lipinski definition) is 5. The molecule has 0 aliphatic rings. The molecule has 0 spiro atoms. The standard InChI is InChI=1S/C17H14BN3O3/c1-11(17(23)24-9-12-5-3-2-4-6-12)21-10-19-13-7-8-14(18)20-15(13)16(21)22/h2-8,10-11H,9H2,1H3. The molecular formula is C17H14BN3O3. The van der Waals surface area contributed by atoms with Crippen molar-refractivity contribution in [2.24, 2.45) is 0 Å². The van der Waals surface area contributed by atoms with Crippen LogP contribution in [0.15, 0.2) is 53.6 Å². The van der Waals surface area contributed by atoms with Gasteiger partial charge in [-0.1, -0.05) is 30.3 Å². The first-order valence-electron chi connectivity index (χ1n) is 7.40. The van der Waals surface area contributed by atoms with Crippen molar-refractivity contribution in [3.63, 3.8) is 0 Å². The van der Waals surface area contributed by atoms with Gasteiger partial charge in [-0.05, 0) is 30.2 Å². The third-order valence-corrected chi connectivity index (χ3v) is 3.64. The third-order valence-electron chi connectivity index (χ3n) is 3.64. The lowest BCUT2D eigenvalue weighted by atomic mass is 10.0. The Morgan fingerprint density at radius 2 is 2.00 bits per heavy atom. The Morgan fingerprint density at radius 1 is 1.25 bits per heavy atom. The molecule has 118 valence electrons. The van der Waals surface area contributed by atoms with E-state index in [0.29, 0.717) is 5.52 Å². The molecule has 0 saturated carbocycles. The third kappa shape index (κ3) is 3.20. The average molecular weight is 319 g/mol. The summed E-state index contributed by atoms with van der Waals surface area (Å²) in [4.78, 5) is 32.9. The lowest BCUT2D eigenvalue weighted by molar-refractivity contribution is -0.148. The van der Waals surface area contributed by atoms with E-state index in [1.165, 1.54) is 10.9 Å². The van der Waals surface area contributed by atoms with Crippen LogP contribution in [0.25, 0.3) is 11.0 Å². The Hall–Kier alpha value is -2.96. The van der Waals surface area contributed by atoms with Gasteiger partial charge in [0.2, 0.25) is 0 Å². The number of carbonyl (C=O) groups excluding carboxylic acids is 1. The number of rotatable bonds is 4. The van der Waals surface area contributed by atoms with Gasteiger partial charge < -0.3 is 4.74 Å². The van der Waals surface area contributed by atoms with Crippen LogP contribution in [0.5, 0.6) is 0 Å². The predicted molar refractivity (Wildman–Crippen MR) is 90.1 cm³/mol. The molecule has 0 aliphatic carbocycles. The molecule has 2 heterocycles. The molecule has 2 aromatic heterocycles. The molecule has 0 saturated heterocycles. The smallest absolute Gasteiger partial charge is 0.329 e. The van der Waals surface area contributed by atoms with Crippen molar-refractivity contribution in [2.45, 2.75) is 19.6 Å². The molecule has 24 heavy (non-hydrogen) atoms. The SMILES string of the molecule is [B]c1ccc2ncn(C(C)C(=O)OCc3ccccc3)c(=O)c2n1. The molecular weight excluding hydrogens is 305 g/mol. The molecule has 0 N–H and O–H groups in total. The van der Waals surface area contributed by atoms with Crippen LogP contribution in [0.1, 0.15) is 18.5 Å². The number of carbonyl (C=O) groups is 1. The highest BCUT2D eigenvalue weighted by Crippen LogP contribution is 2.09. The van der Waals surface area contributed by atoms with Gasteiger partial charge >= 0.3 is 5.97 Å². The molecule has 2 radical (unpaired) electrons. The van der Waals surface area contributed by atoms with E-state index in [1.54, 1.807) is 19.1 Å². The van der Waals surface area contributed by atoms with Crippen LogP contribution in [0.2, 0.25) is 0 Å². The second-order valence-corrected chi connectivity index (χ2v) is 5.33. The van der Waals surface area contributed by atoms with Gasteiger partial charge in [0.25, 0.3) is 5.56 Å². The highest BCUT2D eigenvalue weighted by molar-refractivity contribution is 6.31. The van der Waals surface area contributed by atoms with Gasteiger partial charge in [-0.2, -0.15) is 0 Å². The summed E-state index contributed by atoms with van der Waals surface area (Å²) in [6, 6.07) is 11.7. The molecule has 1 unspecified atom stereocenters. The van der Waals surface area contributed by atoms with Crippen molar-refractivity contribution in [1.29, 1.82) is 0 Å². The lowest BCUT2D eigenvalue weighted by Gasteiger charge is -2.14. The topological polar surface area (TPSA) is 74.1 Å². The van der Waals surface area contributed by atoms with Crippen LogP contribution in [0, 0.1) is 0 Å². The van der Waals surface area contributed by atoms with Gasteiger partial charge in [-0.3, -0.25) is 14.3 Å². The Balaban J connectivity index is 1.82. The van der Waals surface area contributed by atoms with Gasteiger partial charge in [0, 0.05) is 0 Å². The van der Waals surface area contributed by atoms with Crippen molar-refractivity contribution in [3.8, 4) is 0 Å². The molecule has 1 atom stereocenters. The van der Waals surface area contributed by atoms with Crippen LogP contribution in [-0.2, 0) is 16.1 Å². The van der Waals surface area contributed by atoms with Crippen LogP contribution in [-0.4, -0.2) is 28.4 Å². The molecule has 7 heteroatoms. The van der Waals surface area contributed by atoms with Crippen molar-refractivity contribution in [3.05, 3.63) is 64.7 Å². The quantitative estimate of drug-likeness (QED) is 0.527. The minimum atomic E-state index is -0.818. The van der Waals surface area contributed by atoms with Gasteiger partial charge in [-0.15, -0.1) is 0 Å². The summed E-state index contributed by atoms with van der Waals surface area (Å²) in [5.41, 5.74) is 1.21. The number of nitrogens with zero attached hydrogens (tertiary/aromatic N) is 3. The van der Waals surface area contributed by atoms with E-state index in [-0.39, 0.29) is 17.7 Å². The number of aromatic nitrogens is 3. The number of benzene rings is 1. The van der Waals surface area contributed by atoms with Crippen LogP contribution in [0.3, 0.4) is 0 Å². The number of ether oxygens (including phenoxy) is 1. The van der Waals surface area contributed by atoms with Crippen molar-refractivity contribution in [2.75, 3.05) is 0 Å². The maximum absolute atomic E-state index is 12.5. The summed E-state index contributed by atoms with van der Waals surface area (Å²) in [5, 5.41) is 0. The fourth-order valence-electron chi connectivity index (χ4n) is 2.27. The predicted octanol–water partition coefficient (Wildman–Crippen LogP) is 0.890. The second kappa shape index (κ2) is 6.66. The summed E-state index contributed by atoms with van der Waals surface area (Å²) in [6.45, 7) is 1.72. The monoisotopic (exact) mass is 319 g/mol. The molecule has 3 aromatic rings. The van der Waals surface area contributed by atoms with E-state index in [2.05, 4.69) is 9.97 Å². The maximum atomic E-state index is 12.5. The summed E-state index contributed by atoms with van der Waals surface area (Å²) < 4.78 is 6.46. The first-order chi connectivity index (χ1) is 11.6. The summed E-state index contributed by atoms with van der Waals surface area (Å²) in [7, 11) is 5.61. The Morgan fingerprint density at radius 3 is 2.75 bits per heavy atom. The number of pyridine rings is 1. The van der Waals surface area contributed by atoms with E-state index in [4.69, 9.17) is 12.6 Å². The molecule has 0 fully saturated rings. The second-order valence-electron chi connectivity index (χ2n) is 5.33. The Kier molecular flexibility index (Phi) is 4.42. The van der Waals surface area contributed by atoms with Gasteiger partial charge in [0.1, 0.15) is 20.5 Å². The zero-order chi connectivity index (χ0) is 17.1. The van der Waals surface area contributed by atoms with E-state index >= 15 is 0 Å². The van der Waals surface area contributed by atoms with E-state index < -0.39 is 17.6 Å². The molecule has 1 aromatic carbocycles. The van der Waals surface area contributed by atoms with Gasteiger partial charge in [0.15, 0.2) is 5.52 Å². The minimum Gasteiger partial charge on any atom is -0.459 e. The summed E-state index contributed by atoms with van der Waals surface area (Å²) in [6.07, 6.45) is 1.32.